The van der Waals surface area contributed by atoms with Crippen LogP contribution in [0.3, 0.4) is 0 Å². The highest BCUT2D eigenvalue weighted by molar-refractivity contribution is 8.76. The molecule has 0 atom stereocenters. The van der Waals surface area contributed by atoms with Crippen molar-refractivity contribution in [2.45, 2.75) is 43.1 Å². The fraction of sp³-hybridized carbons (Fsp3) is 0.538. The molecule has 0 radical (unpaired) electrons. The van der Waals surface area contributed by atoms with E-state index in [4.69, 9.17) is 0 Å². The van der Waals surface area contributed by atoms with Gasteiger partial charge in [-0.05, 0) is 18.4 Å². The molecule has 15 heavy (non-hydrogen) atoms. The third-order valence-electron chi connectivity index (χ3n) is 2.82. The molecule has 0 spiro atoms. The summed E-state index contributed by atoms with van der Waals surface area (Å²) < 4.78 is 0. The van der Waals surface area contributed by atoms with Crippen molar-refractivity contribution in [3.05, 3.63) is 35.9 Å². The van der Waals surface area contributed by atoms with Crippen LogP contribution in [-0.4, -0.2) is 5.25 Å². The third-order valence-corrected chi connectivity index (χ3v) is 5.73. The van der Waals surface area contributed by atoms with Crippen molar-refractivity contribution in [1.29, 1.82) is 0 Å². The van der Waals surface area contributed by atoms with Gasteiger partial charge in [-0.25, -0.2) is 0 Å². The largest absolute Gasteiger partial charge is 0.0904 e. The first-order valence-corrected chi connectivity index (χ1v) is 8.15. The van der Waals surface area contributed by atoms with E-state index in [1.165, 1.54) is 37.7 Å². The van der Waals surface area contributed by atoms with Crippen LogP contribution in [0.5, 0.6) is 0 Å². The van der Waals surface area contributed by atoms with Gasteiger partial charge in [0, 0.05) is 11.0 Å². The van der Waals surface area contributed by atoms with Crippen LogP contribution in [0.15, 0.2) is 30.3 Å². The van der Waals surface area contributed by atoms with Gasteiger partial charge < -0.3 is 0 Å². The van der Waals surface area contributed by atoms with Gasteiger partial charge in [0.15, 0.2) is 0 Å². The standard InChI is InChI=1S/C13H18S2/c1-3-7-12(8-4-1)11-14-15-13-9-5-2-6-10-13/h1,3-4,7-8,13H,2,5-6,9-11H2. The van der Waals surface area contributed by atoms with Crippen molar-refractivity contribution in [3.63, 3.8) is 0 Å². The highest BCUT2D eigenvalue weighted by Crippen LogP contribution is 2.37. The Balaban J connectivity index is 1.66. The van der Waals surface area contributed by atoms with Gasteiger partial charge in [-0.3, -0.25) is 0 Å². The van der Waals surface area contributed by atoms with Crippen molar-refractivity contribution in [2.75, 3.05) is 0 Å². The predicted octanol–water partition coefficient (Wildman–Crippen LogP) is 4.90. The second-order valence-electron chi connectivity index (χ2n) is 4.10. The Hall–Kier alpha value is -0.0800. The normalized spacial score (nSPS) is 17.9. The molecule has 1 aliphatic rings. The molecule has 1 aliphatic carbocycles. The monoisotopic (exact) mass is 238 g/mol. The van der Waals surface area contributed by atoms with Crippen LogP contribution in [0.1, 0.15) is 37.7 Å². The Labute approximate surface area is 101 Å². The van der Waals surface area contributed by atoms with Crippen molar-refractivity contribution in [2.24, 2.45) is 0 Å². The van der Waals surface area contributed by atoms with Crippen LogP contribution in [-0.2, 0) is 5.75 Å². The molecule has 0 nitrogen and oxygen atoms in total. The average molecular weight is 238 g/mol. The Morgan fingerprint density at radius 1 is 1.00 bits per heavy atom. The van der Waals surface area contributed by atoms with Gasteiger partial charge in [0.1, 0.15) is 0 Å². The maximum absolute atomic E-state index is 2.22. The summed E-state index contributed by atoms with van der Waals surface area (Å²) in [6.45, 7) is 0. The number of benzene rings is 1. The lowest BCUT2D eigenvalue weighted by molar-refractivity contribution is 0.517. The topological polar surface area (TPSA) is 0 Å². The molecule has 1 fully saturated rings. The molecule has 0 unspecified atom stereocenters. The summed E-state index contributed by atoms with van der Waals surface area (Å²) in [5.41, 5.74) is 1.45. The second kappa shape index (κ2) is 6.49. The molecule has 1 saturated carbocycles. The molecule has 1 aromatic rings. The van der Waals surface area contributed by atoms with E-state index < -0.39 is 0 Å². The molecule has 2 heteroatoms. The molecule has 2 rings (SSSR count). The highest BCUT2D eigenvalue weighted by Gasteiger charge is 2.13. The van der Waals surface area contributed by atoms with E-state index in [1.807, 2.05) is 10.8 Å². The summed E-state index contributed by atoms with van der Waals surface area (Å²) >= 11 is 0. The van der Waals surface area contributed by atoms with Crippen LogP contribution in [0, 0.1) is 0 Å². The second-order valence-corrected chi connectivity index (χ2v) is 6.77. The fourth-order valence-corrected chi connectivity index (χ4v) is 4.82. The molecule has 0 aromatic heterocycles. The van der Waals surface area contributed by atoms with Gasteiger partial charge in [-0.15, -0.1) is 0 Å². The van der Waals surface area contributed by atoms with Crippen molar-refractivity contribution >= 4 is 21.6 Å². The highest BCUT2D eigenvalue weighted by atomic mass is 33.1. The SMILES string of the molecule is c1ccc(CSSC2CCCCC2)cc1. The van der Waals surface area contributed by atoms with E-state index in [2.05, 4.69) is 41.1 Å². The molecule has 82 valence electrons. The van der Waals surface area contributed by atoms with Crippen LogP contribution in [0.25, 0.3) is 0 Å². The molecule has 0 saturated heterocycles. The minimum Gasteiger partial charge on any atom is -0.0904 e. The maximum atomic E-state index is 2.22. The summed E-state index contributed by atoms with van der Waals surface area (Å²) in [4.78, 5) is 0. The molecular weight excluding hydrogens is 220 g/mol. The van der Waals surface area contributed by atoms with Crippen LogP contribution < -0.4 is 0 Å². The van der Waals surface area contributed by atoms with E-state index in [-0.39, 0.29) is 0 Å². The zero-order valence-electron chi connectivity index (χ0n) is 9.02. The number of hydrogen-bond donors (Lipinski definition) is 0. The minimum atomic E-state index is 0.924. The molecule has 1 aromatic carbocycles. The van der Waals surface area contributed by atoms with Crippen molar-refractivity contribution < 1.29 is 0 Å². The molecule has 0 aliphatic heterocycles. The number of rotatable bonds is 4. The molecule has 0 amide bonds. The first-order chi connectivity index (χ1) is 7.45. The Kier molecular flexibility index (Phi) is 4.94. The van der Waals surface area contributed by atoms with Gasteiger partial charge in [-0.2, -0.15) is 0 Å². The first kappa shape index (κ1) is 11.4. The summed E-state index contributed by atoms with van der Waals surface area (Å²) in [6, 6.07) is 10.8. The van der Waals surface area contributed by atoms with E-state index >= 15 is 0 Å². The lowest BCUT2D eigenvalue weighted by atomic mass is 10.0. The quantitative estimate of drug-likeness (QED) is 0.684. The fourth-order valence-electron chi connectivity index (χ4n) is 1.93. The van der Waals surface area contributed by atoms with Gasteiger partial charge in [0.2, 0.25) is 0 Å². The van der Waals surface area contributed by atoms with Crippen molar-refractivity contribution in [1.82, 2.24) is 0 Å². The van der Waals surface area contributed by atoms with E-state index in [1.54, 1.807) is 0 Å². The number of hydrogen-bond acceptors (Lipinski definition) is 2. The Morgan fingerprint density at radius 3 is 2.47 bits per heavy atom. The van der Waals surface area contributed by atoms with Crippen molar-refractivity contribution in [3.8, 4) is 0 Å². The third kappa shape index (κ3) is 4.12. The van der Waals surface area contributed by atoms with Gasteiger partial charge in [0.05, 0.1) is 0 Å². The zero-order valence-corrected chi connectivity index (χ0v) is 10.7. The van der Waals surface area contributed by atoms with Gasteiger partial charge in [0.25, 0.3) is 0 Å². The van der Waals surface area contributed by atoms with Gasteiger partial charge >= 0.3 is 0 Å². The Bertz CT molecular complexity index is 265. The average Bonchev–Trinajstić information content (AvgIpc) is 2.32. The van der Waals surface area contributed by atoms with E-state index in [0.717, 1.165) is 11.0 Å². The summed E-state index contributed by atoms with van der Waals surface area (Å²) in [7, 11) is 4.14. The Morgan fingerprint density at radius 2 is 1.73 bits per heavy atom. The first-order valence-electron chi connectivity index (χ1n) is 5.77. The summed E-state index contributed by atoms with van der Waals surface area (Å²) in [6.07, 6.45) is 7.23. The minimum absolute atomic E-state index is 0.924. The van der Waals surface area contributed by atoms with Gasteiger partial charge in [-0.1, -0.05) is 71.2 Å². The molecule has 0 bridgehead atoms. The van der Waals surface area contributed by atoms with E-state index in [0.29, 0.717) is 0 Å². The predicted molar refractivity (Wildman–Crippen MR) is 72.2 cm³/mol. The lowest BCUT2D eigenvalue weighted by Crippen LogP contribution is -2.06. The lowest BCUT2D eigenvalue weighted by Gasteiger charge is -2.20. The molecule has 0 heterocycles. The van der Waals surface area contributed by atoms with Crippen LogP contribution in [0.2, 0.25) is 0 Å². The summed E-state index contributed by atoms with van der Waals surface area (Å²) in [5.74, 6) is 1.15. The van der Waals surface area contributed by atoms with E-state index in [9.17, 15) is 0 Å². The smallest absolute Gasteiger partial charge is 0.0288 e. The molecule has 0 N–H and O–H groups in total. The zero-order chi connectivity index (χ0) is 10.3. The van der Waals surface area contributed by atoms with Crippen LogP contribution in [0.4, 0.5) is 0 Å². The summed E-state index contributed by atoms with van der Waals surface area (Å²) in [5, 5.41) is 0.924. The molecular formula is C13H18S2. The maximum Gasteiger partial charge on any atom is 0.0288 e. The van der Waals surface area contributed by atoms with Crippen LogP contribution >= 0.6 is 21.6 Å².